The molecule has 0 N–H and O–H groups in total. The zero-order chi connectivity index (χ0) is 35.0. The van der Waals surface area contributed by atoms with E-state index >= 15 is 0 Å². The fourth-order valence-electron chi connectivity index (χ4n) is 5.70. The van der Waals surface area contributed by atoms with Crippen molar-refractivity contribution in [3.05, 3.63) is 139 Å². The number of rotatable bonds is 5. The van der Waals surface area contributed by atoms with Gasteiger partial charge in [-0.2, -0.15) is 0 Å². The molecule has 0 aliphatic heterocycles. The van der Waals surface area contributed by atoms with Crippen LogP contribution in [-0.4, -0.2) is 23.2 Å². The Hall–Kier alpha value is -3.83. The van der Waals surface area contributed by atoms with Crippen LogP contribution in [0, 0.1) is 12.1 Å². The third-order valence-electron chi connectivity index (χ3n) is 8.73. The summed E-state index contributed by atoms with van der Waals surface area (Å²) in [5, 5.41) is 2.12. The van der Waals surface area contributed by atoms with Gasteiger partial charge in [-0.05, 0) is 45.8 Å². The van der Waals surface area contributed by atoms with Crippen molar-refractivity contribution >= 4 is 39.6 Å². The van der Waals surface area contributed by atoms with E-state index in [9.17, 15) is 0 Å². The van der Waals surface area contributed by atoms with Gasteiger partial charge in [-0.3, -0.25) is 0 Å². The molecule has 0 amide bonds. The maximum Gasteiger partial charge on any atom is 0 e. The van der Waals surface area contributed by atoms with Crippen molar-refractivity contribution in [2.45, 2.75) is 63.2 Å². The van der Waals surface area contributed by atoms with Crippen LogP contribution in [0.15, 0.2) is 120 Å². The summed E-state index contributed by atoms with van der Waals surface area (Å²) in [6.45, 7) is 10.5. The van der Waals surface area contributed by atoms with E-state index in [2.05, 4.69) is 115 Å². The van der Waals surface area contributed by atoms with Crippen molar-refractivity contribution in [1.82, 2.24) is 9.97 Å². The SMILES string of the molecule is [2H]C(C)(C)c1ccnc(-c2[c-]ccc3c2oc2cc(-c4ccc(C(C)(C)C)cc4)ccc23)c1.[CH3][Ge]([CH3])([CH3])[c]1ccc(-c2[c-]cccc2)nc1.[Ir]. The van der Waals surface area contributed by atoms with Gasteiger partial charge >= 0.3 is 99.8 Å². The van der Waals surface area contributed by atoms with Crippen LogP contribution in [0.5, 0.6) is 0 Å². The average molecular weight is 883 g/mol. The Balaban J connectivity index is 0.000000241. The zero-order valence-electron chi connectivity index (χ0n) is 30.6. The van der Waals surface area contributed by atoms with Crippen molar-refractivity contribution in [3.63, 3.8) is 0 Å². The molecule has 0 saturated heterocycles. The quantitative estimate of drug-likeness (QED) is 0.128. The molecule has 3 nitrogen and oxygen atoms in total. The molecule has 0 saturated carbocycles. The minimum atomic E-state index is -1.72. The third-order valence-corrected chi connectivity index (χ3v) is 13.0. The Morgan fingerprint density at radius 1 is 0.755 bits per heavy atom. The number of pyridine rings is 2. The summed E-state index contributed by atoms with van der Waals surface area (Å²) in [5.41, 5.74) is 9.96. The van der Waals surface area contributed by atoms with Gasteiger partial charge in [-0.15, -0.1) is 18.2 Å². The van der Waals surface area contributed by atoms with Crippen LogP contribution in [0.25, 0.3) is 55.6 Å². The van der Waals surface area contributed by atoms with E-state index in [4.69, 9.17) is 5.79 Å². The van der Waals surface area contributed by atoms with Crippen molar-refractivity contribution in [1.29, 1.82) is 0 Å². The predicted octanol–water partition coefficient (Wildman–Crippen LogP) is 11.6. The van der Waals surface area contributed by atoms with Crippen LogP contribution in [0.3, 0.4) is 0 Å². The predicted molar refractivity (Wildman–Crippen MR) is 206 cm³/mol. The van der Waals surface area contributed by atoms with E-state index in [0.29, 0.717) is 0 Å². The molecule has 0 spiro atoms. The summed E-state index contributed by atoms with van der Waals surface area (Å²) >= 11 is -1.72. The molecular formula is C44H44GeIrN2O-2. The molecule has 251 valence electrons. The Labute approximate surface area is 309 Å². The van der Waals surface area contributed by atoms with E-state index in [0.717, 1.165) is 55.6 Å². The number of hydrogen-bond acceptors (Lipinski definition) is 3. The van der Waals surface area contributed by atoms with Gasteiger partial charge < -0.3 is 9.40 Å². The smallest absolute Gasteiger partial charge is 0 e. The summed E-state index contributed by atoms with van der Waals surface area (Å²) in [6.07, 6.45) is 3.80. The maximum atomic E-state index is 8.37. The fraction of sp³-hybridized carbons (Fsp3) is 0.227. The number of benzene rings is 4. The summed E-state index contributed by atoms with van der Waals surface area (Å²) in [7, 11) is 0. The molecule has 0 unspecified atom stereocenters. The Morgan fingerprint density at radius 3 is 2.14 bits per heavy atom. The molecule has 1 radical (unpaired) electrons. The molecule has 7 aromatic rings. The Morgan fingerprint density at radius 2 is 1.51 bits per heavy atom. The first-order valence-corrected chi connectivity index (χ1v) is 23.9. The minimum absolute atomic E-state index is 0. The molecule has 0 bridgehead atoms. The second-order valence-electron chi connectivity index (χ2n) is 14.6. The maximum absolute atomic E-state index is 8.37. The van der Waals surface area contributed by atoms with Crippen LogP contribution < -0.4 is 4.40 Å². The number of aromatic nitrogens is 2. The normalized spacial score (nSPS) is 12.2. The van der Waals surface area contributed by atoms with Gasteiger partial charge in [0.25, 0.3) is 0 Å². The summed E-state index contributed by atoms with van der Waals surface area (Å²) in [6, 6.07) is 41.8. The second-order valence-corrected chi connectivity index (χ2v) is 25.3. The fourth-order valence-corrected chi connectivity index (χ4v) is 7.87. The summed E-state index contributed by atoms with van der Waals surface area (Å²) in [5.74, 6) is 6.44. The van der Waals surface area contributed by atoms with Crippen molar-refractivity contribution in [2.24, 2.45) is 0 Å². The topological polar surface area (TPSA) is 38.9 Å². The first-order valence-electron chi connectivity index (χ1n) is 17.1. The van der Waals surface area contributed by atoms with Crippen molar-refractivity contribution in [3.8, 4) is 33.6 Å². The van der Waals surface area contributed by atoms with Gasteiger partial charge in [0.05, 0.1) is 5.58 Å². The van der Waals surface area contributed by atoms with Crippen LogP contribution in [0.1, 0.15) is 53.0 Å². The molecule has 49 heavy (non-hydrogen) atoms. The second kappa shape index (κ2) is 15.0. The molecule has 0 fully saturated rings. The van der Waals surface area contributed by atoms with Gasteiger partial charge in [0.1, 0.15) is 5.58 Å². The molecule has 5 heteroatoms. The summed E-state index contributed by atoms with van der Waals surface area (Å²) < 4.78 is 16.2. The number of furan rings is 1. The standard InChI is InChI=1S/C30H28NO.C14H16GeN.Ir/c1-19(2)21-15-16-31-27(17-21)26-8-6-7-25-24-14-11-22(18-28(24)32-29(25)26)20-9-12-23(13-10-20)30(3,4)5;1-15(2,3)13-9-10-14(16-11-13)12-7-5-4-6-8-12;/h6-7,9-19H,1-5H3;4-7,9-11H,1-3H3;/q2*-1;/i19D;;. The first kappa shape index (κ1) is 35.0. The van der Waals surface area contributed by atoms with E-state index in [1.165, 1.54) is 15.5 Å². The monoisotopic (exact) mass is 884 g/mol. The van der Waals surface area contributed by atoms with Gasteiger partial charge in [-0.25, -0.2) is 0 Å². The Bertz CT molecular complexity index is 2210. The van der Waals surface area contributed by atoms with Crippen LogP contribution in [0.4, 0.5) is 0 Å². The molecule has 4 aromatic carbocycles. The number of fused-ring (bicyclic) bond motifs is 3. The number of nitrogens with zero attached hydrogens (tertiary/aromatic N) is 2. The molecule has 3 aromatic heterocycles. The summed E-state index contributed by atoms with van der Waals surface area (Å²) in [4.78, 5) is 9.09. The Kier molecular flexibility index (Phi) is 10.7. The van der Waals surface area contributed by atoms with Crippen LogP contribution >= 0.6 is 0 Å². The zero-order valence-corrected chi connectivity index (χ0v) is 34.1. The molecule has 0 atom stereocenters. The first-order chi connectivity index (χ1) is 23.2. The van der Waals surface area contributed by atoms with Crippen LogP contribution in [0.2, 0.25) is 17.3 Å². The number of hydrogen-bond donors (Lipinski definition) is 0. The minimum Gasteiger partial charge on any atom is 0 e. The van der Waals surface area contributed by atoms with Crippen molar-refractivity contribution in [2.75, 3.05) is 0 Å². The van der Waals surface area contributed by atoms with Gasteiger partial charge in [0.2, 0.25) is 0 Å². The van der Waals surface area contributed by atoms with E-state index in [1.54, 1.807) is 6.20 Å². The van der Waals surface area contributed by atoms with Gasteiger partial charge in [0.15, 0.2) is 0 Å². The van der Waals surface area contributed by atoms with E-state index in [1.807, 2.05) is 68.6 Å². The van der Waals surface area contributed by atoms with Crippen molar-refractivity contribution < 1.29 is 25.9 Å². The van der Waals surface area contributed by atoms with Gasteiger partial charge in [0, 0.05) is 33.1 Å². The van der Waals surface area contributed by atoms with E-state index in [-0.39, 0.29) is 25.5 Å². The molecular weight excluding hydrogens is 837 g/mol. The van der Waals surface area contributed by atoms with E-state index < -0.39 is 19.2 Å². The molecule has 3 heterocycles. The molecule has 0 aliphatic rings. The third kappa shape index (κ3) is 8.32. The largest absolute Gasteiger partial charge is 0 e. The average Bonchev–Trinajstić information content (AvgIpc) is 3.46. The molecule has 0 aliphatic carbocycles. The molecule has 7 rings (SSSR count). The van der Waals surface area contributed by atoms with Crippen LogP contribution in [-0.2, 0) is 25.5 Å². The van der Waals surface area contributed by atoms with Gasteiger partial charge in [-0.1, -0.05) is 93.6 Å².